The molecule has 0 fully saturated rings. The van der Waals surface area contributed by atoms with Gasteiger partial charge in [-0.15, -0.1) is 11.3 Å². The molecule has 0 radical (unpaired) electrons. The second-order valence-electron chi connectivity index (χ2n) is 5.01. The normalized spacial score (nSPS) is 13.5. The van der Waals surface area contributed by atoms with E-state index in [4.69, 9.17) is 0 Å². The molecule has 0 saturated carbocycles. The molecule has 2 heterocycles. The average molecular weight is 300 g/mol. The van der Waals surface area contributed by atoms with Crippen molar-refractivity contribution in [1.82, 2.24) is 9.78 Å². The van der Waals surface area contributed by atoms with E-state index in [-0.39, 0.29) is 5.91 Å². The van der Waals surface area contributed by atoms with Crippen molar-refractivity contribution in [1.29, 1.82) is 5.26 Å². The van der Waals surface area contributed by atoms with Gasteiger partial charge in [0.05, 0.1) is 5.56 Å². The number of hydrogen-bond donors (Lipinski definition) is 1. The summed E-state index contributed by atoms with van der Waals surface area (Å²) in [6.45, 7) is 2.58. The SMILES string of the molecule is CCn1nccc1C(=O)Nc1sc2c(c1C#N)CCCC2. The molecule has 2 aromatic heterocycles. The number of nitriles is 1. The number of rotatable bonds is 3. The van der Waals surface area contributed by atoms with Crippen LogP contribution in [-0.4, -0.2) is 15.7 Å². The Bertz CT molecular complexity index is 723. The van der Waals surface area contributed by atoms with Crippen LogP contribution in [0.4, 0.5) is 5.00 Å². The fourth-order valence-electron chi connectivity index (χ4n) is 2.72. The monoisotopic (exact) mass is 300 g/mol. The van der Waals surface area contributed by atoms with Gasteiger partial charge in [-0.25, -0.2) is 0 Å². The zero-order valence-corrected chi connectivity index (χ0v) is 12.7. The van der Waals surface area contributed by atoms with E-state index in [1.807, 2.05) is 6.92 Å². The topological polar surface area (TPSA) is 70.7 Å². The van der Waals surface area contributed by atoms with Gasteiger partial charge in [0.1, 0.15) is 16.8 Å². The average Bonchev–Trinajstić information content (AvgIpc) is 3.10. The van der Waals surface area contributed by atoms with Gasteiger partial charge in [0.25, 0.3) is 5.91 Å². The van der Waals surface area contributed by atoms with Gasteiger partial charge in [-0.1, -0.05) is 0 Å². The third-order valence-corrected chi connectivity index (χ3v) is 4.97. The number of carbonyl (C=O) groups is 1. The molecule has 0 aromatic carbocycles. The Morgan fingerprint density at radius 3 is 3.10 bits per heavy atom. The number of nitrogens with zero attached hydrogens (tertiary/aromatic N) is 3. The Kier molecular flexibility index (Phi) is 3.76. The third kappa shape index (κ3) is 2.45. The quantitative estimate of drug-likeness (QED) is 0.947. The highest BCUT2D eigenvalue weighted by Crippen LogP contribution is 2.37. The van der Waals surface area contributed by atoms with Gasteiger partial charge in [0, 0.05) is 17.6 Å². The molecule has 6 heteroatoms. The molecule has 0 aliphatic heterocycles. The van der Waals surface area contributed by atoms with Crippen LogP contribution in [-0.2, 0) is 19.4 Å². The summed E-state index contributed by atoms with van der Waals surface area (Å²) in [6.07, 6.45) is 5.85. The molecule has 21 heavy (non-hydrogen) atoms. The first-order valence-corrected chi connectivity index (χ1v) is 7.94. The number of nitrogens with one attached hydrogen (secondary N) is 1. The first-order chi connectivity index (χ1) is 10.2. The summed E-state index contributed by atoms with van der Waals surface area (Å²) in [4.78, 5) is 13.6. The molecule has 5 nitrogen and oxygen atoms in total. The summed E-state index contributed by atoms with van der Waals surface area (Å²) in [5.41, 5.74) is 2.30. The van der Waals surface area contributed by atoms with Crippen LogP contribution >= 0.6 is 11.3 Å². The standard InChI is InChI=1S/C15H16N4OS/c1-2-19-12(7-8-17-19)14(20)18-15-11(9-16)10-5-3-4-6-13(10)21-15/h7-8H,2-6H2,1H3,(H,18,20). The highest BCUT2D eigenvalue weighted by molar-refractivity contribution is 7.16. The van der Waals surface area contributed by atoms with E-state index in [2.05, 4.69) is 16.5 Å². The van der Waals surface area contributed by atoms with Gasteiger partial charge in [-0.3, -0.25) is 9.48 Å². The summed E-state index contributed by atoms with van der Waals surface area (Å²) in [5, 5.41) is 17.1. The second-order valence-corrected chi connectivity index (χ2v) is 6.12. The molecule has 1 aliphatic carbocycles. The fraction of sp³-hybridized carbons (Fsp3) is 0.400. The lowest BCUT2D eigenvalue weighted by Gasteiger charge is -2.09. The Balaban J connectivity index is 1.90. The number of hydrogen-bond acceptors (Lipinski definition) is 4. The number of aryl methyl sites for hydroxylation is 2. The van der Waals surface area contributed by atoms with Crippen LogP contribution in [0.15, 0.2) is 12.3 Å². The van der Waals surface area contributed by atoms with E-state index in [9.17, 15) is 10.1 Å². The first kappa shape index (κ1) is 13.8. The van der Waals surface area contributed by atoms with E-state index < -0.39 is 0 Å². The van der Waals surface area contributed by atoms with Crippen molar-refractivity contribution in [3.8, 4) is 6.07 Å². The fourth-order valence-corrected chi connectivity index (χ4v) is 3.95. The smallest absolute Gasteiger partial charge is 0.274 e. The first-order valence-electron chi connectivity index (χ1n) is 7.12. The van der Waals surface area contributed by atoms with Gasteiger partial charge >= 0.3 is 0 Å². The van der Waals surface area contributed by atoms with Crippen molar-refractivity contribution in [3.05, 3.63) is 34.0 Å². The molecule has 1 amide bonds. The van der Waals surface area contributed by atoms with Gasteiger partial charge in [0.15, 0.2) is 0 Å². The lowest BCUT2D eigenvalue weighted by Crippen LogP contribution is -2.17. The zero-order valence-electron chi connectivity index (χ0n) is 11.8. The molecule has 0 bridgehead atoms. The molecular weight excluding hydrogens is 284 g/mol. The van der Waals surface area contributed by atoms with Gasteiger partial charge in [-0.05, 0) is 44.2 Å². The largest absolute Gasteiger partial charge is 0.311 e. The number of anilines is 1. The van der Waals surface area contributed by atoms with Crippen molar-refractivity contribution >= 4 is 22.2 Å². The predicted octanol–water partition coefficient (Wildman–Crippen LogP) is 2.97. The minimum Gasteiger partial charge on any atom is -0.311 e. The maximum Gasteiger partial charge on any atom is 0.274 e. The number of fused-ring (bicyclic) bond motifs is 1. The van der Waals surface area contributed by atoms with Crippen LogP contribution in [0, 0.1) is 11.3 Å². The third-order valence-electron chi connectivity index (χ3n) is 3.76. The predicted molar refractivity (Wildman–Crippen MR) is 81.5 cm³/mol. The highest BCUT2D eigenvalue weighted by Gasteiger charge is 2.22. The molecule has 108 valence electrons. The van der Waals surface area contributed by atoms with Crippen LogP contribution in [0.5, 0.6) is 0 Å². The Hall–Kier alpha value is -2.13. The number of amides is 1. The van der Waals surface area contributed by atoms with E-state index in [0.717, 1.165) is 31.2 Å². The molecule has 2 aromatic rings. The lowest BCUT2D eigenvalue weighted by atomic mass is 9.96. The second kappa shape index (κ2) is 5.70. The highest BCUT2D eigenvalue weighted by atomic mass is 32.1. The summed E-state index contributed by atoms with van der Waals surface area (Å²) < 4.78 is 1.65. The van der Waals surface area contributed by atoms with E-state index >= 15 is 0 Å². The maximum atomic E-state index is 12.4. The van der Waals surface area contributed by atoms with E-state index in [1.165, 1.54) is 4.88 Å². The van der Waals surface area contributed by atoms with Crippen molar-refractivity contribution in [3.63, 3.8) is 0 Å². The molecule has 0 atom stereocenters. The lowest BCUT2D eigenvalue weighted by molar-refractivity contribution is 0.101. The number of aromatic nitrogens is 2. The molecule has 0 saturated heterocycles. The van der Waals surface area contributed by atoms with Crippen LogP contribution in [0.1, 0.15) is 46.3 Å². The maximum absolute atomic E-state index is 12.4. The molecule has 1 N–H and O–H groups in total. The number of thiophene rings is 1. The van der Waals surface area contributed by atoms with Crippen molar-refractivity contribution in [2.75, 3.05) is 5.32 Å². The molecule has 1 aliphatic rings. The van der Waals surface area contributed by atoms with Gasteiger partial charge in [0.2, 0.25) is 0 Å². The zero-order chi connectivity index (χ0) is 14.8. The summed E-state index contributed by atoms with van der Waals surface area (Å²) in [7, 11) is 0. The Labute approximate surface area is 127 Å². The molecule has 0 spiro atoms. The Morgan fingerprint density at radius 1 is 1.52 bits per heavy atom. The molecule has 0 unspecified atom stereocenters. The minimum absolute atomic E-state index is 0.204. The molecule has 3 rings (SSSR count). The summed E-state index contributed by atoms with van der Waals surface area (Å²) >= 11 is 1.54. The summed E-state index contributed by atoms with van der Waals surface area (Å²) in [6, 6.07) is 3.95. The number of carbonyl (C=O) groups excluding carboxylic acids is 1. The van der Waals surface area contributed by atoms with Crippen LogP contribution in [0.2, 0.25) is 0 Å². The van der Waals surface area contributed by atoms with Crippen molar-refractivity contribution in [2.24, 2.45) is 0 Å². The van der Waals surface area contributed by atoms with Crippen molar-refractivity contribution < 1.29 is 4.79 Å². The van der Waals surface area contributed by atoms with Crippen LogP contribution in [0.3, 0.4) is 0 Å². The molecular formula is C15H16N4OS. The van der Waals surface area contributed by atoms with Crippen molar-refractivity contribution in [2.45, 2.75) is 39.2 Å². The van der Waals surface area contributed by atoms with Crippen LogP contribution in [0.25, 0.3) is 0 Å². The van der Waals surface area contributed by atoms with E-state index in [0.29, 0.717) is 22.8 Å². The van der Waals surface area contributed by atoms with Crippen LogP contribution < -0.4 is 5.32 Å². The summed E-state index contributed by atoms with van der Waals surface area (Å²) in [5.74, 6) is -0.204. The Morgan fingerprint density at radius 2 is 2.33 bits per heavy atom. The minimum atomic E-state index is -0.204. The van der Waals surface area contributed by atoms with E-state index in [1.54, 1.807) is 28.3 Å². The van der Waals surface area contributed by atoms with Gasteiger partial charge in [-0.2, -0.15) is 10.4 Å². The van der Waals surface area contributed by atoms with Gasteiger partial charge < -0.3 is 5.32 Å².